The third-order valence-corrected chi connectivity index (χ3v) is 13.1. The Bertz CT molecular complexity index is 855. The quantitative estimate of drug-likeness (QED) is 0.561. The number of hydrogen-bond acceptors (Lipinski definition) is 4. The molecule has 5 aliphatic carbocycles. The fourth-order valence-corrected chi connectivity index (χ4v) is 11.4. The Morgan fingerprint density at radius 1 is 0.938 bits per heavy atom. The second-order valence-electron chi connectivity index (χ2n) is 13.9. The molecule has 1 aliphatic heterocycles. The molecule has 0 bridgehead atoms. The number of rotatable bonds is 1. The molecule has 0 aromatic heterocycles. The van der Waals surface area contributed by atoms with E-state index >= 15 is 0 Å². The highest BCUT2D eigenvalue weighted by molar-refractivity contribution is 5.72. The van der Waals surface area contributed by atoms with Crippen LogP contribution in [0.1, 0.15) is 86.0 Å². The molecule has 0 aromatic carbocycles. The number of hydrogen-bond donors (Lipinski definition) is 3. The molecular weight excluding hydrogens is 404 g/mol. The van der Waals surface area contributed by atoms with Crippen LogP contribution in [0.4, 0.5) is 0 Å². The van der Waals surface area contributed by atoms with Crippen LogP contribution in [-0.2, 0) is 9.53 Å². The lowest BCUT2D eigenvalue weighted by Gasteiger charge is -2.63. The van der Waals surface area contributed by atoms with Gasteiger partial charge in [0.15, 0.2) is 6.10 Å². The Hall–Kier alpha value is -0.650. The highest BCUT2D eigenvalue weighted by atomic mass is 16.5. The number of carboxylic acids is 1. The second kappa shape index (κ2) is 6.12. The van der Waals surface area contributed by atoms with Gasteiger partial charge < -0.3 is 20.1 Å². The molecule has 6 aliphatic rings. The van der Waals surface area contributed by atoms with Crippen molar-refractivity contribution in [2.24, 2.45) is 50.7 Å². The summed E-state index contributed by atoms with van der Waals surface area (Å²) < 4.78 is 6.17. The number of aliphatic hydroxyl groups is 2. The molecule has 6 rings (SSSR count). The normalized spacial score (nSPS) is 62.1. The Morgan fingerprint density at radius 2 is 1.59 bits per heavy atom. The van der Waals surface area contributed by atoms with E-state index in [-0.39, 0.29) is 45.7 Å². The van der Waals surface area contributed by atoms with E-state index < -0.39 is 18.2 Å². The van der Waals surface area contributed by atoms with Crippen molar-refractivity contribution in [1.29, 1.82) is 0 Å². The highest BCUT2D eigenvalue weighted by Gasteiger charge is 2.84. The zero-order valence-corrected chi connectivity index (χ0v) is 20.4. The predicted octanol–water partition coefficient (Wildman–Crippen LogP) is 4.25. The second-order valence-corrected chi connectivity index (χ2v) is 13.9. The average molecular weight is 447 g/mol. The van der Waals surface area contributed by atoms with Gasteiger partial charge in [-0.25, -0.2) is 4.79 Å². The SMILES string of the molecule is C[C@@H]1CC(C(=O)O)OC2[C@H]1C1(C)CCC34CC35CC[C@H](O)C(C)(C)[C@@H]5CCC4[C@]1(C)[C@H]2O. The van der Waals surface area contributed by atoms with Gasteiger partial charge in [0.2, 0.25) is 0 Å². The van der Waals surface area contributed by atoms with Crippen LogP contribution in [0.15, 0.2) is 0 Å². The summed E-state index contributed by atoms with van der Waals surface area (Å²) in [6.07, 6.45) is 6.41. The predicted molar refractivity (Wildman–Crippen MR) is 120 cm³/mol. The Morgan fingerprint density at radius 3 is 2.28 bits per heavy atom. The summed E-state index contributed by atoms with van der Waals surface area (Å²) in [6.45, 7) is 11.5. The summed E-state index contributed by atoms with van der Waals surface area (Å²) in [7, 11) is 0. The third kappa shape index (κ3) is 2.13. The van der Waals surface area contributed by atoms with Gasteiger partial charge in [-0.05, 0) is 96.7 Å². The molecule has 1 saturated heterocycles. The number of ether oxygens (including phenoxy) is 1. The van der Waals surface area contributed by atoms with Crippen LogP contribution in [-0.4, -0.2) is 45.7 Å². The van der Waals surface area contributed by atoms with Crippen molar-refractivity contribution in [3.8, 4) is 0 Å². The lowest BCUT2D eigenvalue weighted by Crippen LogP contribution is -2.59. The van der Waals surface area contributed by atoms with E-state index in [1.807, 2.05) is 0 Å². The van der Waals surface area contributed by atoms with E-state index in [1.165, 1.54) is 12.8 Å². The van der Waals surface area contributed by atoms with Crippen molar-refractivity contribution in [3.05, 3.63) is 0 Å². The van der Waals surface area contributed by atoms with E-state index in [0.29, 0.717) is 23.7 Å². The monoisotopic (exact) mass is 446 g/mol. The van der Waals surface area contributed by atoms with Crippen LogP contribution >= 0.6 is 0 Å². The van der Waals surface area contributed by atoms with Gasteiger partial charge >= 0.3 is 5.97 Å². The first kappa shape index (κ1) is 21.9. The lowest BCUT2D eigenvalue weighted by atomic mass is 9.41. The molecule has 3 N–H and O–H groups in total. The summed E-state index contributed by atoms with van der Waals surface area (Å²) in [5.74, 6) is 0.575. The number of carboxylic acid groups (broad SMARTS) is 1. The largest absolute Gasteiger partial charge is 0.479 e. The molecule has 1 heterocycles. The third-order valence-electron chi connectivity index (χ3n) is 13.1. The van der Waals surface area contributed by atoms with E-state index in [2.05, 4.69) is 34.6 Å². The molecule has 5 saturated carbocycles. The van der Waals surface area contributed by atoms with Gasteiger partial charge in [-0.3, -0.25) is 0 Å². The standard InChI is InChI=1S/C27H42O5/c1-14-12-15(22(30)31)32-20-19(14)24(4)10-11-27-13-26(27)9-8-18(28)23(2,3)16(26)6-7-17(27)25(24,5)21(20)29/h14-21,28-29H,6-13H2,1-5H3,(H,30,31)/t14-,15?,16+,17?,18+,19+,20?,21+,24?,25-,26?,27?/m1/s1. The van der Waals surface area contributed by atoms with Gasteiger partial charge in [0, 0.05) is 5.41 Å². The molecule has 0 aromatic rings. The maximum absolute atomic E-state index is 11.9. The topological polar surface area (TPSA) is 87.0 Å². The van der Waals surface area contributed by atoms with Gasteiger partial charge in [0.05, 0.1) is 18.3 Å². The van der Waals surface area contributed by atoms with E-state index in [9.17, 15) is 20.1 Å². The summed E-state index contributed by atoms with van der Waals surface area (Å²) >= 11 is 0. The zero-order valence-electron chi connectivity index (χ0n) is 20.4. The maximum atomic E-state index is 11.9. The first-order valence-electron chi connectivity index (χ1n) is 13.1. The minimum atomic E-state index is -0.895. The van der Waals surface area contributed by atoms with Crippen LogP contribution in [0.25, 0.3) is 0 Å². The van der Waals surface area contributed by atoms with Crippen molar-refractivity contribution in [3.63, 3.8) is 0 Å². The van der Waals surface area contributed by atoms with Crippen LogP contribution in [0.5, 0.6) is 0 Å². The first-order valence-corrected chi connectivity index (χ1v) is 13.1. The Kier molecular flexibility index (Phi) is 4.18. The molecule has 12 atom stereocenters. The van der Waals surface area contributed by atoms with Gasteiger partial charge in [0.25, 0.3) is 0 Å². The fourth-order valence-electron chi connectivity index (χ4n) is 11.4. The smallest absolute Gasteiger partial charge is 0.332 e. The molecule has 0 radical (unpaired) electrons. The van der Waals surface area contributed by atoms with E-state index in [4.69, 9.17) is 4.74 Å². The summed E-state index contributed by atoms with van der Waals surface area (Å²) in [6, 6.07) is 0. The van der Waals surface area contributed by atoms with Crippen LogP contribution < -0.4 is 0 Å². The maximum Gasteiger partial charge on any atom is 0.332 e. The van der Waals surface area contributed by atoms with Crippen molar-refractivity contribution >= 4 is 5.97 Å². The molecule has 2 spiro atoms. The molecular formula is C27H42O5. The number of fused-ring (bicyclic) bond motifs is 4. The molecule has 180 valence electrons. The average Bonchev–Trinajstić information content (AvgIpc) is 3.36. The van der Waals surface area contributed by atoms with Crippen molar-refractivity contribution in [2.45, 2.75) is 110 Å². The molecule has 6 unspecified atom stereocenters. The summed E-state index contributed by atoms with van der Waals surface area (Å²) in [5.41, 5.74) is 0.286. The fraction of sp³-hybridized carbons (Fsp3) is 0.963. The lowest BCUT2D eigenvalue weighted by molar-refractivity contribution is -0.183. The molecule has 0 amide bonds. The van der Waals surface area contributed by atoms with E-state index in [1.54, 1.807) is 0 Å². The van der Waals surface area contributed by atoms with Crippen molar-refractivity contribution in [1.82, 2.24) is 0 Å². The van der Waals surface area contributed by atoms with E-state index in [0.717, 1.165) is 32.1 Å². The number of aliphatic hydroxyl groups excluding tert-OH is 2. The summed E-state index contributed by atoms with van der Waals surface area (Å²) in [4.78, 5) is 11.8. The number of aliphatic carboxylic acids is 1. The molecule has 32 heavy (non-hydrogen) atoms. The Balaban J connectivity index is 1.40. The summed E-state index contributed by atoms with van der Waals surface area (Å²) in [5, 5.41) is 32.4. The van der Waals surface area contributed by atoms with Gasteiger partial charge in [0.1, 0.15) is 0 Å². The molecule has 5 heteroatoms. The van der Waals surface area contributed by atoms with Crippen molar-refractivity contribution in [2.75, 3.05) is 0 Å². The van der Waals surface area contributed by atoms with Gasteiger partial charge in [-0.2, -0.15) is 0 Å². The molecule has 6 fully saturated rings. The van der Waals surface area contributed by atoms with Crippen LogP contribution in [0.3, 0.4) is 0 Å². The van der Waals surface area contributed by atoms with Crippen LogP contribution in [0, 0.1) is 50.7 Å². The minimum absolute atomic E-state index is 0.0315. The number of carbonyl (C=O) groups is 1. The first-order chi connectivity index (χ1) is 14.9. The Labute approximate surface area is 192 Å². The van der Waals surface area contributed by atoms with Gasteiger partial charge in [-0.15, -0.1) is 0 Å². The molecule has 5 nitrogen and oxygen atoms in total. The van der Waals surface area contributed by atoms with Gasteiger partial charge in [-0.1, -0.05) is 34.6 Å². The highest BCUT2D eigenvalue weighted by Crippen LogP contribution is 2.89. The minimum Gasteiger partial charge on any atom is -0.479 e. The zero-order chi connectivity index (χ0) is 23.1. The van der Waals surface area contributed by atoms with Crippen LogP contribution in [0.2, 0.25) is 0 Å². The van der Waals surface area contributed by atoms with Crippen molar-refractivity contribution < 1.29 is 24.9 Å².